The summed E-state index contributed by atoms with van der Waals surface area (Å²) in [5.41, 5.74) is 6.46. The van der Waals surface area contributed by atoms with Gasteiger partial charge >= 0.3 is 6.08 Å². The van der Waals surface area contributed by atoms with Crippen LogP contribution in [0.2, 0.25) is 0 Å². The molecule has 0 aromatic carbocycles. The Hall–Kier alpha value is -1.52. The molecule has 2 N–H and O–H groups in total. The summed E-state index contributed by atoms with van der Waals surface area (Å²) in [6.07, 6.45) is 1.96. The van der Waals surface area contributed by atoms with Gasteiger partial charge in [-0.2, -0.15) is 9.37 Å². The van der Waals surface area contributed by atoms with Crippen LogP contribution in [0.1, 0.15) is 26.0 Å². The molecule has 1 atom stereocenters. The summed E-state index contributed by atoms with van der Waals surface area (Å²) in [5.74, 6) is 0.438. The van der Waals surface area contributed by atoms with E-state index in [1.165, 1.54) is 0 Å². The van der Waals surface area contributed by atoms with Crippen LogP contribution in [-0.2, 0) is 0 Å². The van der Waals surface area contributed by atoms with Crippen molar-refractivity contribution in [1.82, 2.24) is 9.97 Å². The number of halogens is 1. The Balaban J connectivity index is 3.00. The van der Waals surface area contributed by atoms with Gasteiger partial charge in [-0.3, -0.25) is 4.99 Å². The largest absolute Gasteiger partial charge is 0.382 e. The molecule has 1 aromatic heterocycles. The van der Waals surface area contributed by atoms with E-state index < -0.39 is 6.08 Å². The number of aryl methyl sites for hydroxylation is 1. The van der Waals surface area contributed by atoms with Crippen molar-refractivity contribution in [2.24, 2.45) is 10.9 Å². The van der Waals surface area contributed by atoms with Gasteiger partial charge in [-0.1, -0.05) is 13.8 Å². The molecular formula is C10H15FN4. The fourth-order valence-electron chi connectivity index (χ4n) is 1.02. The molecule has 1 heterocycles. The van der Waals surface area contributed by atoms with Gasteiger partial charge in [0, 0.05) is 6.21 Å². The Morgan fingerprint density at radius 1 is 1.53 bits per heavy atom. The lowest BCUT2D eigenvalue weighted by Gasteiger charge is -2.04. The van der Waals surface area contributed by atoms with Gasteiger partial charge in [-0.05, 0) is 19.3 Å². The standard InChI is InChI=1S/C10H15FN4/c1-4-6(2)5-13-8-7(3)14-10(11)15-9(8)12/h5-6H,4H2,1-3H3,(H2,12,14,15)/b13-5-. The zero-order chi connectivity index (χ0) is 11.4. The number of nitrogen functional groups attached to an aromatic ring is 1. The van der Waals surface area contributed by atoms with Crippen LogP contribution in [0.5, 0.6) is 0 Å². The van der Waals surface area contributed by atoms with Crippen molar-refractivity contribution in [2.75, 3.05) is 5.73 Å². The van der Waals surface area contributed by atoms with E-state index in [1.807, 2.05) is 6.92 Å². The van der Waals surface area contributed by atoms with E-state index in [-0.39, 0.29) is 5.82 Å². The third kappa shape index (κ3) is 2.97. The Labute approximate surface area is 88.5 Å². The number of hydrogen-bond donors (Lipinski definition) is 1. The van der Waals surface area contributed by atoms with Crippen molar-refractivity contribution < 1.29 is 4.39 Å². The second-order valence-corrected chi connectivity index (χ2v) is 3.48. The lowest BCUT2D eigenvalue weighted by Crippen LogP contribution is -2.00. The van der Waals surface area contributed by atoms with Crippen LogP contribution < -0.4 is 5.73 Å². The van der Waals surface area contributed by atoms with Crippen LogP contribution in [0.25, 0.3) is 0 Å². The highest BCUT2D eigenvalue weighted by molar-refractivity contribution is 5.71. The van der Waals surface area contributed by atoms with Crippen LogP contribution in [0.3, 0.4) is 0 Å². The van der Waals surface area contributed by atoms with Gasteiger partial charge in [0.05, 0.1) is 5.69 Å². The molecule has 0 fully saturated rings. The summed E-state index contributed by atoms with van der Waals surface area (Å²) in [4.78, 5) is 11.2. The quantitative estimate of drug-likeness (QED) is 0.614. The smallest absolute Gasteiger partial charge is 0.310 e. The molecule has 4 nitrogen and oxygen atoms in total. The van der Waals surface area contributed by atoms with E-state index in [4.69, 9.17) is 5.73 Å². The number of rotatable bonds is 3. The molecule has 0 radical (unpaired) electrons. The zero-order valence-corrected chi connectivity index (χ0v) is 9.16. The molecule has 0 amide bonds. The molecule has 0 aliphatic rings. The average Bonchev–Trinajstić information content (AvgIpc) is 2.15. The summed E-state index contributed by atoms with van der Waals surface area (Å²) in [6, 6.07) is 0. The molecule has 82 valence electrons. The molecule has 0 bridgehead atoms. The predicted molar refractivity (Wildman–Crippen MR) is 58.7 cm³/mol. The maximum absolute atomic E-state index is 12.7. The minimum Gasteiger partial charge on any atom is -0.382 e. The summed E-state index contributed by atoms with van der Waals surface area (Å²) < 4.78 is 12.7. The number of aromatic nitrogens is 2. The van der Waals surface area contributed by atoms with Crippen molar-refractivity contribution in [2.45, 2.75) is 27.2 Å². The van der Waals surface area contributed by atoms with Crippen LogP contribution in [0, 0.1) is 18.9 Å². The van der Waals surface area contributed by atoms with Crippen molar-refractivity contribution in [1.29, 1.82) is 0 Å². The number of hydrogen-bond acceptors (Lipinski definition) is 4. The van der Waals surface area contributed by atoms with E-state index in [0.717, 1.165) is 6.42 Å². The van der Waals surface area contributed by atoms with Gasteiger partial charge in [0.25, 0.3) is 0 Å². The first kappa shape index (κ1) is 11.6. The van der Waals surface area contributed by atoms with Crippen LogP contribution in [-0.4, -0.2) is 16.2 Å². The lowest BCUT2D eigenvalue weighted by atomic mass is 10.1. The van der Waals surface area contributed by atoms with Gasteiger partial charge in [-0.25, -0.2) is 4.98 Å². The lowest BCUT2D eigenvalue weighted by molar-refractivity contribution is 0.537. The Kier molecular flexibility index (Phi) is 3.71. The first-order valence-electron chi connectivity index (χ1n) is 4.88. The van der Waals surface area contributed by atoms with E-state index in [1.54, 1.807) is 13.1 Å². The zero-order valence-electron chi connectivity index (χ0n) is 9.16. The molecule has 0 spiro atoms. The molecule has 1 unspecified atom stereocenters. The van der Waals surface area contributed by atoms with Crippen molar-refractivity contribution in [3.8, 4) is 0 Å². The molecule has 0 aliphatic carbocycles. The minimum atomic E-state index is -0.813. The number of nitrogens with two attached hydrogens (primary N) is 1. The summed E-state index contributed by atoms with van der Waals surface area (Å²) in [7, 11) is 0. The molecule has 1 rings (SSSR count). The topological polar surface area (TPSA) is 64.2 Å². The molecule has 0 saturated heterocycles. The Bertz CT molecular complexity index is 353. The summed E-state index contributed by atoms with van der Waals surface area (Å²) >= 11 is 0. The van der Waals surface area contributed by atoms with Crippen LogP contribution >= 0.6 is 0 Å². The maximum atomic E-state index is 12.7. The fourth-order valence-corrected chi connectivity index (χ4v) is 1.02. The maximum Gasteiger partial charge on any atom is 0.310 e. The number of anilines is 1. The minimum absolute atomic E-state index is 0.0829. The van der Waals surface area contributed by atoms with Gasteiger partial charge in [-0.15, -0.1) is 0 Å². The monoisotopic (exact) mass is 210 g/mol. The van der Waals surface area contributed by atoms with Crippen molar-refractivity contribution >= 4 is 17.7 Å². The highest BCUT2D eigenvalue weighted by atomic mass is 19.1. The number of aliphatic imine (C=N–C) groups is 1. The first-order valence-corrected chi connectivity index (χ1v) is 4.88. The predicted octanol–water partition coefficient (Wildman–Crippen LogP) is 2.25. The summed E-state index contributed by atoms with van der Waals surface area (Å²) in [6.45, 7) is 5.76. The third-order valence-electron chi connectivity index (χ3n) is 2.16. The van der Waals surface area contributed by atoms with Gasteiger partial charge < -0.3 is 5.73 Å². The van der Waals surface area contributed by atoms with Crippen molar-refractivity contribution in [3.63, 3.8) is 0 Å². The molecule has 0 saturated carbocycles. The van der Waals surface area contributed by atoms with Crippen LogP contribution in [0.15, 0.2) is 4.99 Å². The second kappa shape index (κ2) is 4.82. The van der Waals surface area contributed by atoms with E-state index in [9.17, 15) is 4.39 Å². The highest BCUT2D eigenvalue weighted by Crippen LogP contribution is 2.22. The van der Waals surface area contributed by atoms with Crippen LogP contribution in [0.4, 0.5) is 15.9 Å². The molecule has 15 heavy (non-hydrogen) atoms. The third-order valence-corrected chi connectivity index (χ3v) is 2.16. The fraction of sp³-hybridized carbons (Fsp3) is 0.500. The van der Waals surface area contributed by atoms with Crippen molar-refractivity contribution in [3.05, 3.63) is 11.8 Å². The first-order chi connectivity index (χ1) is 7.04. The van der Waals surface area contributed by atoms with Gasteiger partial charge in [0.15, 0.2) is 5.82 Å². The molecule has 1 aromatic rings. The van der Waals surface area contributed by atoms with E-state index >= 15 is 0 Å². The molecular weight excluding hydrogens is 195 g/mol. The van der Waals surface area contributed by atoms with Gasteiger partial charge in [0.1, 0.15) is 5.69 Å². The van der Waals surface area contributed by atoms with Gasteiger partial charge in [0.2, 0.25) is 0 Å². The number of nitrogens with zero attached hydrogens (tertiary/aromatic N) is 3. The van der Waals surface area contributed by atoms with E-state index in [0.29, 0.717) is 17.3 Å². The normalized spacial score (nSPS) is 13.3. The SMILES string of the molecule is CCC(C)/C=N\c1c(C)nc(F)nc1N. The van der Waals surface area contributed by atoms with E-state index in [2.05, 4.69) is 21.9 Å². The second-order valence-electron chi connectivity index (χ2n) is 3.48. The highest BCUT2D eigenvalue weighted by Gasteiger charge is 2.07. The Morgan fingerprint density at radius 2 is 2.20 bits per heavy atom. The Morgan fingerprint density at radius 3 is 2.73 bits per heavy atom. The summed E-state index contributed by atoms with van der Waals surface area (Å²) in [5, 5.41) is 0. The average molecular weight is 210 g/mol. The molecule has 5 heteroatoms. The molecule has 0 aliphatic heterocycles.